The number of hydrogen-bond acceptors (Lipinski definition) is 6. The summed E-state index contributed by atoms with van der Waals surface area (Å²) in [5.41, 5.74) is 5.34. The molecular weight excluding hydrogens is 540 g/mol. The first-order valence-corrected chi connectivity index (χ1v) is 13.5. The van der Waals surface area contributed by atoms with E-state index in [0.29, 0.717) is 20.5 Å². The summed E-state index contributed by atoms with van der Waals surface area (Å²) in [7, 11) is 1.48. The Balaban J connectivity index is 1.49. The Morgan fingerprint density at radius 2 is 1.87 bits per heavy atom. The summed E-state index contributed by atoms with van der Waals surface area (Å²) in [6.07, 6.45) is 2.63. The molecule has 0 saturated carbocycles. The van der Waals surface area contributed by atoms with Gasteiger partial charge in [0.2, 0.25) is 0 Å². The molecule has 0 bridgehead atoms. The van der Waals surface area contributed by atoms with Gasteiger partial charge in [0.25, 0.3) is 11.8 Å². The van der Waals surface area contributed by atoms with Crippen molar-refractivity contribution in [2.75, 3.05) is 23.9 Å². The van der Waals surface area contributed by atoms with Crippen LogP contribution in [0, 0.1) is 13.8 Å². The van der Waals surface area contributed by atoms with E-state index in [9.17, 15) is 9.59 Å². The van der Waals surface area contributed by atoms with Crippen LogP contribution < -0.4 is 19.7 Å². The van der Waals surface area contributed by atoms with Gasteiger partial charge in [0.1, 0.15) is 0 Å². The quantitative estimate of drug-likeness (QED) is 0.235. The molecule has 0 unspecified atom stereocenters. The standard InChI is InChI=1S/C29H27ClN2O4S2/c1-5-19-7-9-21(10-8-19)32-28(34)25(38-29(32)37)15-20-13-22(30)27(24(14-20)35-4)36-16-26(33)31-23-11-6-17(2)12-18(23)3/h6-15H,5,16H2,1-4H3,(H,31,33)/b25-15-. The topological polar surface area (TPSA) is 67.9 Å². The monoisotopic (exact) mass is 566 g/mol. The van der Waals surface area contributed by atoms with E-state index in [2.05, 4.69) is 12.2 Å². The van der Waals surface area contributed by atoms with Crippen molar-refractivity contribution < 1.29 is 19.1 Å². The number of carbonyl (C=O) groups is 2. The minimum Gasteiger partial charge on any atom is -0.493 e. The third kappa shape index (κ3) is 6.20. The van der Waals surface area contributed by atoms with Crippen molar-refractivity contribution in [1.82, 2.24) is 0 Å². The van der Waals surface area contributed by atoms with E-state index in [1.807, 2.05) is 56.3 Å². The van der Waals surface area contributed by atoms with Gasteiger partial charge in [0.05, 0.1) is 22.7 Å². The number of thiocarbonyl (C=S) groups is 1. The average Bonchev–Trinajstić information content (AvgIpc) is 3.17. The van der Waals surface area contributed by atoms with E-state index in [0.717, 1.165) is 28.9 Å². The number of rotatable bonds is 8. The Morgan fingerprint density at radius 1 is 1.13 bits per heavy atom. The summed E-state index contributed by atoms with van der Waals surface area (Å²) < 4.78 is 11.7. The molecule has 1 aliphatic heterocycles. The number of halogens is 1. The van der Waals surface area contributed by atoms with Crippen molar-refractivity contribution in [3.8, 4) is 11.5 Å². The van der Waals surface area contributed by atoms with Gasteiger partial charge in [-0.05, 0) is 73.4 Å². The Hall–Kier alpha value is -3.33. The first-order valence-electron chi connectivity index (χ1n) is 11.9. The molecule has 6 nitrogen and oxygen atoms in total. The highest BCUT2D eigenvalue weighted by Gasteiger charge is 2.33. The second-order valence-electron chi connectivity index (χ2n) is 8.73. The molecule has 0 aliphatic carbocycles. The van der Waals surface area contributed by atoms with Gasteiger partial charge in [-0.2, -0.15) is 0 Å². The van der Waals surface area contributed by atoms with Gasteiger partial charge < -0.3 is 14.8 Å². The zero-order valence-corrected chi connectivity index (χ0v) is 23.9. The molecule has 3 aromatic carbocycles. The number of nitrogens with one attached hydrogen (secondary N) is 1. The largest absolute Gasteiger partial charge is 0.493 e. The lowest BCUT2D eigenvalue weighted by atomic mass is 10.1. The van der Waals surface area contributed by atoms with E-state index in [1.54, 1.807) is 18.2 Å². The molecule has 196 valence electrons. The Kier molecular flexibility index (Phi) is 8.76. The van der Waals surface area contributed by atoms with Crippen molar-refractivity contribution in [3.63, 3.8) is 0 Å². The summed E-state index contributed by atoms with van der Waals surface area (Å²) in [5, 5.41) is 3.09. The molecule has 1 saturated heterocycles. The number of anilines is 2. The second kappa shape index (κ2) is 12.0. The predicted octanol–water partition coefficient (Wildman–Crippen LogP) is 6.95. The zero-order valence-electron chi connectivity index (χ0n) is 21.5. The van der Waals surface area contributed by atoms with E-state index in [-0.39, 0.29) is 29.2 Å². The molecule has 4 rings (SSSR count). The van der Waals surface area contributed by atoms with Crippen molar-refractivity contribution >= 4 is 69.2 Å². The summed E-state index contributed by atoms with van der Waals surface area (Å²) in [5.74, 6) is 0.0527. The van der Waals surface area contributed by atoms with Crippen LogP contribution >= 0.6 is 35.6 Å². The van der Waals surface area contributed by atoms with Crippen LogP contribution in [-0.4, -0.2) is 29.9 Å². The van der Waals surface area contributed by atoms with Crippen LogP contribution in [-0.2, 0) is 16.0 Å². The van der Waals surface area contributed by atoms with Gasteiger partial charge in [0, 0.05) is 5.69 Å². The molecule has 0 aromatic heterocycles. The molecule has 0 atom stereocenters. The Morgan fingerprint density at radius 3 is 2.53 bits per heavy atom. The molecule has 3 aromatic rings. The Labute approximate surface area is 237 Å². The number of amides is 2. The lowest BCUT2D eigenvalue weighted by Gasteiger charge is -2.15. The highest BCUT2D eigenvalue weighted by Crippen LogP contribution is 2.40. The maximum atomic E-state index is 13.2. The van der Waals surface area contributed by atoms with E-state index >= 15 is 0 Å². The van der Waals surface area contributed by atoms with Gasteiger partial charge >= 0.3 is 0 Å². The van der Waals surface area contributed by atoms with Crippen LogP contribution in [0.4, 0.5) is 11.4 Å². The number of thioether (sulfide) groups is 1. The third-order valence-corrected chi connectivity index (χ3v) is 7.53. The highest BCUT2D eigenvalue weighted by atomic mass is 35.5. The summed E-state index contributed by atoms with van der Waals surface area (Å²) in [4.78, 5) is 27.7. The molecule has 0 radical (unpaired) electrons. The van der Waals surface area contributed by atoms with Crippen LogP contribution in [0.1, 0.15) is 29.2 Å². The van der Waals surface area contributed by atoms with Gasteiger partial charge in [-0.1, -0.05) is 72.3 Å². The maximum absolute atomic E-state index is 13.2. The molecule has 1 aliphatic rings. The molecule has 1 heterocycles. The number of hydrogen-bond donors (Lipinski definition) is 1. The third-order valence-electron chi connectivity index (χ3n) is 5.95. The number of ether oxygens (including phenoxy) is 2. The van der Waals surface area contributed by atoms with Crippen LogP contribution in [0.2, 0.25) is 5.02 Å². The first kappa shape index (κ1) is 27.7. The number of benzene rings is 3. The molecule has 1 fully saturated rings. The summed E-state index contributed by atoms with van der Waals surface area (Å²) in [6, 6.07) is 16.9. The molecular formula is C29H27ClN2O4S2. The number of nitrogens with zero attached hydrogens (tertiary/aromatic N) is 1. The van der Waals surface area contributed by atoms with Crippen LogP contribution in [0.3, 0.4) is 0 Å². The van der Waals surface area contributed by atoms with Gasteiger partial charge in [-0.3, -0.25) is 14.5 Å². The summed E-state index contributed by atoms with van der Waals surface area (Å²) >= 11 is 13.2. The second-order valence-corrected chi connectivity index (χ2v) is 10.8. The van der Waals surface area contributed by atoms with E-state index in [4.69, 9.17) is 33.3 Å². The van der Waals surface area contributed by atoms with Gasteiger partial charge in [-0.15, -0.1) is 0 Å². The molecule has 1 N–H and O–H groups in total. The van der Waals surface area contributed by atoms with Gasteiger partial charge in [0.15, 0.2) is 22.4 Å². The van der Waals surface area contributed by atoms with E-state index < -0.39 is 0 Å². The van der Waals surface area contributed by atoms with Crippen molar-refractivity contribution in [3.05, 3.63) is 86.8 Å². The maximum Gasteiger partial charge on any atom is 0.270 e. The fourth-order valence-corrected chi connectivity index (χ4v) is 5.54. The fourth-order valence-electron chi connectivity index (χ4n) is 3.96. The smallest absolute Gasteiger partial charge is 0.270 e. The van der Waals surface area contributed by atoms with Gasteiger partial charge in [-0.25, -0.2) is 0 Å². The molecule has 9 heteroatoms. The summed E-state index contributed by atoms with van der Waals surface area (Å²) in [6.45, 7) is 5.75. The minimum absolute atomic E-state index is 0.206. The van der Waals surface area contributed by atoms with Crippen LogP contribution in [0.5, 0.6) is 11.5 Å². The zero-order chi connectivity index (χ0) is 27.4. The molecule has 2 amide bonds. The predicted molar refractivity (Wildman–Crippen MR) is 160 cm³/mol. The molecule has 38 heavy (non-hydrogen) atoms. The fraction of sp³-hybridized carbons (Fsp3) is 0.207. The van der Waals surface area contributed by atoms with Crippen LogP contribution in [0.25, 0.3) is 6.08 Å². The van der Waals surface area contributed by atoms with Crippen LogP contribution in [0.15, 0.2) is 59.5 Å². The van der Waals surface area contributed by atoms with Crippen molar-refractivity contribution in [2.24, 2.45) is 0 Å². The highest BCUT2D eigenvalue weighted by molar-refractivity contribution is 8.27. The minimum atomic E-state index is -0.324. The normalized spacial score (nSPS) is 14.2. The van der Waals surface area contributed by atoms with E-state index in [1.165, 1.54) is 29.3 Å². The number of carbonyl (C=O) groups excluding carboxylic acids is 2. The first-order chi connectivity index (χ1) is 18.2. The van der Waals surface area contributed by atoms with Crippen molar-refractivity contribution in [1.29, 1.82) is 0 Å². The average molecular weight is 567 g/mol. The molecule has 0 spiro atoms. The number of aryl methyl sites for hydroxylation is 3. The Bertz CT molecular complexity index is 1440. The SMILES string of the molecule is CCc1ccc(N2C(=O)/C(=C/c3cc(Cl)c(OCC(=O)Nc4ccc(C)cc4C)c(OC)c3)SC2=S)cc1. The van der Waals surface area contributed by atoms with Crippen molar-refractivity contribution in [2.45, 2.75) is 27.2 Å². The number of methoxy groups -OCH3 is 1. The lowest BCUT2D eigenvalue weighted by Crippen LogP contribution is -2.27. The lowest BCUT2D eigenvalue weighted by molar-refractivity contribution is -0.118.